The van der Waals surface area contributed by atoms with Gasteiger partial charge in [0.2, 0.25) is 0 Å². The Morgan fingerprint density at radius 2 is 1.00 bits per heavy atom. The lowest BCUT2D eigenvalue weighted by molar-refractivity contribution is -0.319. The third-order valence-electron chi connectivity index (χ3n) is 16.5. The van der Waals surface area contributed by atoms with Crippen LogP contribution in [0.4, 0.5) is 0 Å². The molecule has 75 heavy (non-hydrogen) atoms. The molecule has 4 rings (SSSR count). The van der Waals surface area contributed by atoms with E-state index in [4.69, 9.17) is 29.0 Å². The normalized spacial score (nSPS) is 25.9. The number of aliphatic hydroxyl groups excluding tert-OH is 1. The SMILES string of the molecule is C.CCCCO.CCCCOC(=O)C(CC(C)c1ccccc1)C(ON1C(C)(CC)CC(=O)C(C)C1(C)CC)C(=O)OC.CCCCOC(=O)C(CC(C)c1ccccc1)ON1C(C)(CC)CC(=O)C(C)C1(C)CC. The molecule has 0 aromatic heterocycles. The number of esters is 3. The summed E-state index contributed by atoms with van der Waals surface area (Å²) in [6.45, 7) is 31.6. The van der Waals surface area contributed by atoms with Crippen molar-refractivity contribution in [2.24, 2.45) is 17.8 Å². The predicted molar refractivity (Wildman–Crippen MR) is 301 cm³/mol. The number of carbonyl (C=O) groups excluding carboxylic acids is 5. The molecule has 11 unspecified atom stereocenters. The number of rotatable bonds is 26. The van der Waals surface area contributed by atoms with Gasteiger partial charge in [0.25, 0.3) is 0 Å². The second-order valence-corrected chi connectivity index (χ2v) is 21.9. The fourth-order valence-electron chi connectivity index (χ4n) is 10.1. The van der Waals surface area contributed by atoms with Crippen molar-refractivity contribution in [3.63, 3.8) is 0 Å². The first-order valence-electron chi connectivity index (χ1n) is 28.1. The summed E-state index contributed by atoms with van der Waals surface area (Å²) in [5.74, 6) is -2.22. The minimum absolute atomic E-state index is 0. The number of carbonyl (C=O) groups is 5. The van der Waals surface area contributed by atoms with E-state index in [0.29, 0.717) is 51.7 Å². The summed E-state index contributed by atoms with van der Waals surface area (Å²) in [5, 5.41) is 11.9. The lowest BCUT2D eigenvalue weighted by atomic mass is 9.70. The van der Waals surface area contributed by atoms with E-state index in [0.717, 1.165) is 56.9 Å². The van der Waals surface area contributed by atoms with Crippen LogP contribution in [0.25, 0.3) is 0 Å². The van der Waals surface area contributed by atoms with Crippen molar-refractivity contribution in [1.82, 2.24) is 10.1 Å². The Hall–Kier alpha value is -4.01. The zero-order chi connectivity index (χ0) is 55.9. The van der Waals surface area contributed by atoms with Crippen LogP contribution in [0.5, 0.6) is 0 Å². The van der Waals surface area contributed by atoms with Gasteiger partial charge in [0.05, 0.1) is 48.4 Å². The second-order valence-electron chi connectivity index (χ2n) is 21.9. The molecule has 2 saturated heterocycles. The molecule has 0 spiro atoms. The third kappa shape index (κ3) is 18.6. The van der Waals surface area contributed by atoms with Crippen molar-refractivity contribution in [3.8, 4) is 0 Å². The summed E-state index contributed by atoms with van der Waals surface area (Å²) >= 11 is 0. The Morgan fingerprint density at radius 3 is 1.36 bits per heavy atom. The van der Waals surface area contributed by atoms with Crippen LogP contribution in [0.15, 0.2) is 60.7 Å². The number of aliphatic hydroxyl groups is 1. The van der Waals surface area contributed by atoms with Gasteiger partial charge in [-0.2, -0.15) is 10.1 Å². The average Bonchev–Trinajstić information content (AvgIpc) is 3.40. The third-order valence-corrected chi connectivity index (χ3v) is 16.5. The Labute approximate surface area is 454 Å². The van der Waals surface area contributed by atoms with Crippen LogP contribution in [-0.4, -0.2) is 106 Å². The number of ketones is 2. The predicted octanol–water partition coefficient (Wildman–Crippen LogP) is 13.3. The van der Waals surface area contributed by atoms with E-state index in [9.17, 15) is 24.0 Å². The number of hydroxylamine groups is 4. The Bertz CT molecular complexity index is 1980. The maximum atomic E-state index is 13.5. The van der Waals surface area contributed by atoms with Gasteiger partial charge in [0, 0.05) is 31.3 Å². The molecule has 2 aliphatic rings. The second kappa shape index (κ2) is 33.3. The molecule has 2 heterocycles. The molecule has 2 fully saturated rings. The highest BCUT2D eigenvalue weighted by molar-refractivity contribution is 5.85. The quantitative estimate of drug-likeness (QED) is 0.0539. The fourth-order valence-corrected chi connectivity index (χ4v) is 10.1. The smallest absolute Gasteiger partial charge is 0.338 e. The number of benzene rings is 2. The van der Waals surface area contributed by atoms with Crippen LogP contribution >= 0.6 is 0 Å². The molecular weight excluding hydrogens is 949 g/mol. The number of methoxy groups -OCH3 is 1. The minimum atomic E-state index is -1.21. The highest BCUT2D eigenvalue weighted by Gasteiger charge is 2.57. The summed E-state index contributed by atoms with van der Waals surface area (Å²) in [7, 11) is 1.30. The van der Waals surface area contributed by atoms with Crippen LogP contribution in [0.3, 0.4) is 0 Å². The number of hydrogen-bond donors (Lipinski definition) is 1. The van der Waals surface area contributed by atoms with E-state index in [2.05, 4.69) is 60.6 Å². The molecule has 2 aromatic carbocycles. The van der Waals surface area contributed by atoms with Gasteiger partial charge in [-0.15, -0.1) is 0 Å². The highest BCUT2D eigenvalue weighted by atomic mass is 16.7. The number of piperidine rings is 2. The number of nitrogens with zero attached hydrogens (tertiary/aromatic N) is 2. The van der Waals surface area contributed by atoms with Crippen molar-refractivity contribution in [1.29, 1.82) is 0 Å². The average molecular weight is 1050 g/mol. The van der Waals surface area contributed by atoms with Gasteiger partial charge in [0.1, 0.15) is 11.6 Å². The molecule has 2 aliphatic heterocycles. The molecular formula is C62H104N2O11. The van der Waals surface area contributed by atoms with Crippen molar-refractivity contribution >= 4 is 29.5 Å². The highest BCUT2D eigenvalue weighted by Crippen LogP contribution is 2.47. The monoisotopic (exact) mass is 1050 g/mol. The number of unbranched alkanes of at least 4 members (excludes halogenated alkanes) is 3. The van der Waals surface area contributed by atoms with Crippen LogP contribution in [0.1, 0.15) is 224 Å². The van der Waals surface area contributed by atoms with E-state index in [1.165, 1.54) is 12.7 Å². The van der Waals surface area contributed by atoms with Gasteiger partial charge in [-0.1, -0.05) is 164 Å². The molecule has 0 amide bonds. The summed E-state index contributed by atoms with van der Waals surface area (Å²) in [5.41, 5.74) is -0.0200. The first-order valence-corrected chi connectivity index (χ1v) is 28.1. The summed E-state index contributed by atoms with van der Waals surface area (Å²) in [6, 6.07) is 20.1. The standard InChI is InChI=1S/C30H47NO6.C27H43NO4.C4H10O.CH4/c1-9-12-18-36-27(33)24(19-21(4)23-16-14-13-15-17-23)26(28(34)35-8)37-31-29(6,10-2)20-25(32)22(5)30(31,7)11-3;1-8-11-17-31-25(30)24(18-20(4)22-15-13-12-14-16-22)32-28-26(6,9-2)19-23(29)21(5)27(28,7)10-3;1-2-3-4-5;/h13-17,21-22,24,26H,9-12,18-20H2,1-8H3;12-16,20-21,24H,8-11,17-19H2,1-7H3;5H,2-4H2,1H3;1H4. The van der Waals surface area contributed by atoms with Crippen LogP contribution in [0, 0.1) is 17.8 Å². The Balaban J connectivity index is 0.000000684. The van der Waals surface area contributed by atoms with Gasteiger partial charge >= 0.3 is 17.9 Å². The van der Waals surface area contributed by atoms with Gasteiger partial charge in [-0.05, 0) is 108 Å². The molecule has 428 valence electrons. The maximum Gasteiger partial charge on any atom is 0.338 e. The zero-order valence-corrected chi connectivity index (χ0v) is 48.8. The van der Waals surface area contributed by atoms with Gasteiger partial charge in [-0.25, -0.2) is 9.59 Å². The van der Waals surface area contributed by atoms with E-state index < -0.39 is 52.2 Å². The minimum Gasteiger partial charge on any atom is -0.467 e. The molecule has 0 aliphatic carbocycles. The lowest BCUT2D eigenvalue weighted by Crippen LogP contribution is -2.68. The van der Waals surface area contributed by atoms with E-state index in [1.54, 1.807) is 0 Å². The zero-order valence-electron chi connectivity index (χ0n) is 48.8. The van der Waals surface area contributed by atoms with Crippen LogP contribution in [-0.2, 0) is 47.9 Å². The molecule has 1 N–H and O–H groups in total. The van der Waals surface area contributed by atoms with E-state index in [-0.39, 0.29) is 55.2 Å². The summed E-state index contributed by atoms with van der Waals surface area (Å²) in [4.78, 5) is 79.0. The van der Waals surface area contributed by atoms with Crippen molar-refractivity contribution in [3.05, 3.63) is 71.8 Å². The van der Waals surface area contributed by atoms with Gasteiger partial charge in [0.15, 0.2) is 12.2 Å². The number of Topliss-reactive ketones (excluding diaryl/α,β-unsaturated/α-hetero) is 2. The van der Waals surface area contributed by atoms with E-state index in [1.807, 2.05) is 114 Å². The molecule has 13 heteroatoms. The summed E-state index contributed by atoms with van der Waals surface area (Å²) in [6.07, 6.45) is 7.92. The summed E-state index contributed by atoms with van der Waals surface area (Å²) < 4.78 is 16.4. The van der Waals surface area contributed by atoms with Crippen molar-refractivity contribution in [2.45, 2.75) is 247 Å². The molecule has 2 aromatic rings. The van der Waals surface area contributed by atoms with Gasteiger partial charge in [-0.3, -0.25) is 24.1 Å². The van der Waals surface area contributed by atoms with Crippen molar-refractivity contribution in [2.75, 3.05) is 26.9 Å². The van der Waals surface area contributed by atoms with Crippen LogP contribution < -0.4 is 0 Å². The maximum absolute atomic E-state index is 13.5. The Kier molecular flexibility index (Phi) is 30.7. The Morgan fingerprint density at radius 1 is 0.600 bits per heavy atom. The number of hydrogen-bond acceptors (Lipinski definition) is 13. The fraction of sp³-hybridized carbons (Fsp3) is 0.726. The van der Waals surface area contributed by atoms with Crippen LogP contribution in [0.2, 0.25) is 0 Å². The van der Waals surface area contributed by atoms with Gasteiger partial charge < -0.3 is 19.3 Å². The largest absolute Gasteiger partial charge is 0.467 e. The number of ether oxygens (including phenoxy) is 3. The van der Waals surface area contributed by atoms with Crippen molar-refractivity contribution < 1.29 is 53.0 Å². The lowest BCUT2D eigenvalue weighted by Gasteiger charge is -2.56. The first kappa shape index (κ1) is 69.0. The van der Waals surface area contributed by atoms with E-state index >= 15 is 0 Å². The molecule has 0 bridgehead atoms. The molecule has 11 atom stereocenters. The molecule has 0 radical (unpaired) electrons. The topological polar surface area (TPSA) is 158 Å². The molecule has 13 nitrogen and oxygen atoms in total. The first-order chi connectivity index (χ1) is 35.0. The molecule has 0 saturated carbocycles.